The van der Waals surface area contributed by atoms with Gasteiger partial charge < -0.3 is 5.73 Å². The standard InChI is InChI=1S/C17H11F3N3O3S/c18-17(19,20)8-12-7-10-3-1-5-13(27(25,26)16(21)24)15(10)23-14(12)11-4-2-6-22-9-11/h1-9H,(H2,21,24). The third-order valence-electron chi connectivity index (χ3n) is 3.65. The highest BCUT2D eigenvalue weighted by Crippen LogP contribution is 2.33. The maximum atomic E-state index is 13.0. The molecule has 0 spiro atoms. The Morgan fingerprint density at radius 2 is 1.89 bits per heavy atom. The van der Waals surface area contributed by atoms with Crippen LogP contribution in [-0.4, -0.2) is 29.8 Å². The lowest BCUT2D eigenvalue weighted by molar-refractivity contribution is -0.0927. The van der Waals surface area contributed by atoms with E-state index in [1.165, 1.54) is 36.7 Å². The number of sulfone groups is 1. The summed E-state index contributed by atoms with van der Waals surface area (Å²) in [4.78, 5) is 18.8. The monoisotopic (exact) mass is 394 g/mol. The smallest absolute Gasteiger partial charge is 0.356 e. The zero-order valence-corrected chi connectivity index (χ0v) is 14.3. The fraction of sp³-hybridized carbons (Fsp3) is 0.0588. The molecule has 3 aromatic rings. The average molecular weight is 394 g/mol. The second kappa shape index (κ2) is 6.62. The third kappa shape index (κ3) is 3.75. The molecule has 2 aromatic heterocycles. The molecule has 0 unspecified atom stereocenters. The van der Waals surface area contributed by atoms with E-state index in [-0.39, 0.29) is 34.1 Å². The molecule has 6 nitrogen and oxygen atoms in total. The SMILES string of the molecule is NC(=O)S(=O)(=O)c1cccc2cc([CH]C(F)(F)F)c(-c3cccnc3)nc12. The van der Waals surface area contributed by atoms with Crippen LogP contribution in [0.3, 0.4) is 0 Å². The number of nitrogens with zero attached hydrogens (tertiary/aromatic N) is 2. The van der Waals surface area contributed by atoms with Gasteiger partial charge in [-0.25, -0.2) is 13.4 Å². The first-order valence-electron chi connectivity index (χ1n) is 7.41. The van der Waals surface area contributed by atoms with E-state index >= 15 is 0 Å². The number of amides is 1. The van der Waals surface area contributed by atoms with Crippen LogP contribution in [-0.2, 0) is 9.84 Å². The lowest BCUT2D eigenvalue weighted by Gasteiger charge is -2.14. The van der Waals surface area contributed by atoms with Crippen molar-refractivity contribution in [3.63, 3.8) is 0 Å². The Morgan fingerprint density at radius 1 is 1.15 bits per heavy atom. The molecule has 27 heavy (non-hydrogen) atoms. The molecule has 1 amide bonds. The van der Waals surface area contributed by atoms with Gasteiger partial charge in [-0.15, -0.1) is 0 Å². The number of fused-ring (bicyclic) bond motifs is 1. The Morgan fingerprint density at radius 3 is 2.48 bits per heavy atom. The van der Waals surface area contributed by atoms with Crippen LogP contribution in [0, 0.1) is 6.42 Å². The van der Waals surface area contributed by atoms with E-state index in [1.807, 2.05) is 0 Å². The number of primary amides is 1. The van der Waals surface area contributed by atoms with E-state index in [9.17, 15) is 26.4 Å². The van der Waals surface area contributed by atoms with Crippen LogP contribution >= 0.6 is 0 Å². The first-order valence-corrected chi connectivity index (χ1v) is 8.89. The van der Waals surface area contributed by atoms with E-state index in [0.29, 0.717) is 0 Å². The highest BCUT2D eigenvalue weighted by Gasteiger charge is 2.31. The van der Waals surface area contributed by atoms with E-state index in [0.717, 1.165) is 12.1 Å². The summed E-state index contributed by atoms with van der Waals surface area (Å²) in [5.74, 6) is 0. The van der Waals surface area contributed by atoms with Crippen LogP contribution in [0.5, 0.6) is 0 Å². The number of nitrogens with two attached hydrogens (primary N) is 1. The predicted molar refractivity (Wildman–Crippen MR) is 91.2 cm³/mol. The average Bonchev–Trinajstić information content (AvgIpc) is 2.59. The number of alkyl halides is 3. The molecule has 1 radical (unpaired) electrons. The number of hydrogen-bond donors (Lipinski definition) is 1. The number of pyridine rings is 2. The molecular weight excluding hydrogens is 383 g/mol. The third-order valence-corrected chi connectivity index (χ3v) is 5.08. The maximum absolute atomic E-state index is 13.0. The summed E-state index contributed by atoms with van der Waals surface area (Å²) in [5, 5.41) is -1.47. The van der Waals surface area contributed by atoms with Gasteiger partial charge in [0, 0.05) is 23.3 Å². The highest BCUT2D eigenvalue weighted by atomic mass is 32.2. The van der Waals surface area contributed by atoms with Crippen LogP contribution < -0.4 is 5.73 Å². The Labute approximate surface area is 151 Å². The van der Waals surface area contributed by atoms with E-state index in [2.05, 4.69) is 9.97 Å². The van der Waals surface area contributed by atoms with E-state index in [4.69, 9.17) is 5.73 Å². The number of halogens is 3. The molecule has 139 valence electrons. The number of carbonyl (C=O) groups is 1. The topological polar surface area (TPSA) is 103 Å². The molecule has 0 aliphatic carbocycles. The largest absolute Gasteiger partial charge is 0.396 e. The lowest BCUT2D eigenvalue weighted by Crippen LogP contribution is -2.22. The van der Waals surface area contributed by atoms with Crippen LogP contribution in [0.4, 0.5) is 18.0 Å². The number of para-hydroxylation sites is 1. The van der Waals surface area contributed by atoms with Gasteiger partial charge in [-0.05, 0) is 29.8 Å². The summed E-state index contributed by atoms with van der Waals surface area (Å²) in [6.45, 7) is 0. The Balaban J connectivity index is 2.36. The first kappa shape index (κ1) is 18.8. The van der Waals surface area contributed by atoms with Crippen LogP contribution in [0.25, 0.3) is 22.2 Å². The van der Waals surface area contributed by atoms with Crippen molar-refractivity contribution in [1.29, 1.82) is 0 Å². The molecule has 0 bridgehead atoms. The maximum Gasteiger partial charge on any atom is 0.396 e. The van der Waals surface area contributed by atoms with Crippen molar-refractivity contribution in [1.82, 2.24) is 9.97 Å². The van der Waals surface area contributed by atoms with Gasteiger partial charge in [0.25, 0.3) is 9.84 Å². The van der Waals surface area contributed by atoms with Crippen molar-refractivity contribution in [2.45, 2.75) is 11.1 Å². The molecular formula is C17H11F3N3O3S. The van der Waals surface area contributed by atoms with Gasteiger partial charge in [-0.1, -0.05) is 12.1 Å². The fourth-order valence-corrected chi connectivity index (χ4v) is 3.43. The van der Waals surface area contributed by atoms with Gasteiger partial charge in [0.2, 0.25) is 0 Å². The summed E-state index contributed by atoms with van der Waals surface area (Å²) in [6, 6.07) is 7.95. The van der Waals surface area contributed by atoms with Gasteiger partial charge in [0.15, 0.2) is 0 Å². The highest BCUT2D eigenvalue weighted by molar-refractivity contribution is 8.06. The van der Waals surface area contributed by atoms with Crippen LogP contribution in [0.1, 0.15) is 5.56 Å². The minimum absolute atomic E-state index is 0.0665. The molecule has 1 aromatic carbocycles. The van der Waals surface area contributed by atoms with Gasteiger partial charge in [0.05, 0.1) is 17.6 Å². The minimum atomic E-state index is -4.62. The number of rotatable bonds is 3. The Hall–Kier alpha value is -3.01. The summed E-state index contributed by atoms with van der Waals surface area (Å²) in [5.41, 5.74) is 4.64. The zero-order valence-electron chi connectivity index (χ0n) is 13.4. The molecule has 0 atom stereocenters. The second-order valence-corrected chi connectivity index (χ2v) is 7.35. The minimum Gasteiger partial charge on any atom is -0.356 e. The normalized spacial score (nSPS) is 12.3. The van der Waals surface area contributed by atoms with Gasteiger partial charge in [-0.2, -0.15) is 13.2 Å². The molecule has 0 saturated carbocycles. The van der Waals surface area contributed by atoms with Crippen molar-refractivity contribution in [2.75, 3.05) is 0 Å². The molecule has 0 saturated heterocycles. The molecule has 3 rings (SSSR count). The molecule has 2 N–H and O–H groups in total. The van der Waals surface area contributed by atoms with Crippen molar-refractivity contribution in [3.8, 4) is 11.3 Å². The zero-order chi connectivity index (χ0) is 19.8. The van der Waals surface area contributed by atoms with Gasteiger partial charge >= 0.3 is 11.4 Å². The van der Waals surface area contributed by atoms with Gasteiger partial charge in [0.1, 0.15) is 4.90 Å². The number of carbonyl (C=O) groups excluding carboxylic acids is 1. The Kier molecular flexibility index (Phi) is 4.60. The predicted octanol–water partition coefficient (Wildman–Crippen LogP) is 3.26. The molecule has 2 heterocycles. The number of hydrogen-bond acceptors (Lipinski definition) is 5. The summed E-state index contributed by atoms with van der Waals surface area (Å²) < 4.78 is 63.3. The van der Waals surface area contributed by atoms with Crippen molar-refractivity contribution >= 4 is 26.0 Å². The van der Waals surface area contributed by atoms with Crippen LogP contribution in [0.15, 0.2) is 53.7 Å². The second-order valence-electron chi connectivity index (χ2n) is 5.50. The number of benzene rings is 1. The molecule has 0 aliphatic heterocycles. The molecule has 10 heteroatoms. The quantitative estimate of drug-likeness (QED) is 0.734. The van der Waals surface area contributed by atoms with Crippen molar-refractivity contribution < 1.29 is 26.4 Å². The summed E-state index contributed by atoms with van der Waals surface area (Å²) in [6.07, 6.45) is -1.83. The molecule has 0 fully saturated rings. The van der Waals surface area contributed by atoms with Gasteiger partial charge in [-0.3, -0.25) is 9.78 Å². The van der Waals surface area contributed by atoms with E-state index < -0.39 is 26.1 Å². The van der Waals surface area contributed by atoms with E-state index in [1.54, 1.807) is 0 Å². The summed E-state index contributed by atoms with van der Waals surface area (Å²) >= 11 is 0. The van der Waals surface area contributed by atoms with Crippen LogP contribution in [0.2, 0.25) is 0 Å². The summed E-state index contributed by atoms with van der Waals surface area (Å²) in [7, 11) is -4.52. The Bertz CT molecular complexity index is 1130. The first-order chi connectivity index (χ1) is 12.6. The molecule has 0 aliphatic rings. The fourth-order valence-electron chi connectivity index (χ4n) is 2.53. The lowest BCUT2D eigenvalue weighted by atomic mass is 10.0. The van der Waals surface area contributed by atoms with Crippen molar-refractivity contribution in [2.24, 2.45) is 5.73 Å². The van der Waals surface area contributed by atoms with Crippen molar-refractivity contribution in [3.05, 3.63) is 60.8 Å². The number of aromatic nitrogens is 2.